The van der Waals surface area contributed by atoms with E-state index in [1.54, 1.807) is 7.05 Å². The number of anilines is 1. The molecular weight excluding hydrogens is 495 g/mol. The van der Waals surface area contributed by atoms with Gasteiger partial charge in [-0.3, -0.25) is 4.99 Å². The maximum atomic E-state index is 12.0. The number of pyridine rings is 1. The molecule has 1 atom stereocenters. The second-order valence-electron chi connectivity index (χ2n) is 8.18. The first kappa shape index (κ1) is 26.3. The van der Waals surface area contributed by atoms with Crippen molar-refractivity contribution in [2.45, 2.75) is 59.2 Å². The van der Waals surface area contributed by atoms with Gasteiger partial charge in [-0.25, -0.2) is 9.78 Å². The lowest BCUT2D eigenvalue weighted by Crippen LogP contribution is -2.44. The molecule has 30 heavy (non-hydrogen) atoms. The number of hydrogen-bond acceptors (Lipinski definition) is 5. The molecular formula is C21H37IN6O2. The van der Waals surface area contributed by atoms with E-state index in [0.717, 1.165) is 43.4 Å². The van der Waals surface area contributed by atoms with E-state index in [4.69, 9.17) is 4.74 Å². The van der Waals surface area contributed by atoms with Crippen LogP contribution < -0.4 is 15.5 Å². The summed E-state index contributed by atoms with van der Waals surface area (Å²) in [6.07, 6.45) is 2.40. The van der Waals surface area contributed by atoms with E-state index in [0.29, 0.717) is 13.1 Å². The van der Waals surface area contributed by atoms with Crippen molar-refractivity contribution in [2.75, 3.05) is 38.1 Å². The number of aliphatic imine (C=N–C) groups is 1. The molecule has 1 aliphatic rings. The van der Waals surface area contributed by atoms with Crippen LogP contribution in [0.15, 0.2) is 23.3 Å². The van der Waals surface area contributed by atoms with E-state index in [2.05, 4.69) is 56.4 Å². The van der Waals surface area contributed by atoms with Gasteiger partial charge in [0.05, 0.1) is 6.04 Å². The molecule has 0 bridgehead atoms. The van der Waals surface area contributed by atoms with Crippen molar-refractivity contribution in [2.24, 2.45) is 4.99 Å². The molecule has 0 spiro atoms. The summed E-state index contributed by atoms with van der Waals surface area (Å²) in [5.74, 6) is 1.82. The van der Waals surface area contributed by atoms with Crippen molar-refractivity contribution >= 4 is 41.8 Å². The molecule has 1 fully saturated rings. The van der Waals surface area contributed by atoms with Gasteiger partial charge >= 0.3 is 6.09 Å². The van der Waals surface area contributed by atoms with E-state index >= 15 is 0 Å². The molecule has 0 aromatic carbocycles. The fourth-order valence-electron chi connectivity index (χ4n) is 3.31. The van der Waals surface area contributed by atoms with Gasteiger partial charge in [-0.2, -0.15) is 0 Å². The number of nitrogens with zero attached hydrogens (tertiary/aromatic N) is 4. The van der Waals surface area contributed by atoms with Gasteiger partial charge in [0.2, 0.25) is 0 Å². The van der Waals surface area contributed by atoms with E-state index in [1.807, 2.05) is 27.0 Å². The zero-order valence-electron chi connectivity index (χ0n) is 19.1. The van der Waals surface area contributed by atoms with Crippen molar-refractivity contribution in [3.05, 3.63) is 23.9 Å². The van der Waals surface area contributed by atoms with Crippen LogP contribution in [-0.4, -0.2) is 66.8 Å². The molecule has 1 unspecified atom stereocenters. The van der Waals surface area contributed by atoms with Gasteiger partial charge in [-0.1, -0.05) is 6.07 Å². The molecule has 0 saturated carbocycles. The zero-order valence-corrected chi connectivity index (χ0v) is 21.4. The van der Waals surface area contributed by atoms with Gasteiger partial charge in [0.25, 0.3) is 0 Å². The quantitative estimate of drug-likeness (QED) is 0.333. The molecule has 9 heteroatoms. The number of amides is 1. The Bertz CT molecular complexity index is 686. The number of ether oxygens (including phenoxy) is 1. The lowest BCUT2D eigenvalue weighted by Gasteiger charge is -2.23. The molecule has 0 aliphatic carbocycles. The molecule has 2 rings (SSSR count). The number of likely N-dealkylation sites (tertiary alicyclic amines) is 1. The summed E-state index contributed by atoms with van der Waals surface area (Å²) in [6.45, 7) is 13.9. The predicted octanol–water partition coefficient (Wildman–Crippen LogP) is 3.22. The molecule has 170 valence electrons. The highest BCUT2D eigenvalue weighted by atomic mass is 127. The topological polar surface area (TPSA) is 82.1 Å². The fraction of sp³-hybridized carbons (Fsp3) is 0.667. The Hall–Kier alpha value is -1.78. The standard InChI is InChI=1S/C21H36N6O2.HI/c1-7-26(8-2)18-10-9-16(13-23-18)14-24-19(22-6)27-12-11-17(15-27)25-20(28)29-21(3,4)5;/h9-10,13,17H,7-8,11-12,14-15H2,1-6H3,(H,22,24)(H,25,28);1H. The summed E-state index contributed by atoms with van der Waals surface area (Å²) >= 11 is 0. The third-order valence-electron chi connectivity index (χ3n) is 4.77. The first-order chi connectivity index (χ1) is 13.8. The predicted molar refractivity (Wildman–Crippen MR) is 133 cm³/mol. The summed E-state index contributed by atoms with van der Waals surface area (Å²) in [6, 6.07) is 4.21. The Morgan fingerprint density at radius 2 is 2.03 bits per heavy atom. The van der Waals surface area contributed by atoms with Gasteiger partial charge in [0.1, 0.15) is 11.4 Å². The van der Waals surface area contributed by atoms with Crippen molar-refractivity contribution in [1.82, 2.24) is 20.5 Å². The lowest BCUT2D eigenvalue weighted by atomic mass is 10.2. The molecule has 2 N–H and O–H groups in total. The number of carbonyl (C=O) groups excluding carboxylic acids is 1. The first-order valence-electron chi connectivity index (χ1n) is 10.4. The first-order valence-corrected chi connectivity index (χ1v) is 10.4. The number of guanidine groups is 1. The minimum absolute atomic E-state index is 0. The second kappa shape index (κ2) is 12.2. The third-order valence-corrected chi connectivity index (χ3v) is 4.77. The van der Waals surface area contributed by atoms with Crippen molar-refractivity contribution in [3.8, 4) is 0 Å². The average molecular weight is 532 g/mol. The number of aromatic nitrogens is 1. The minimum Gasteiger partial charge on any atom is -0.444 e. The van der Waals surface area contributed by atoms with Gasteiger partial charge in [-0.15, -0.1) is 24.0 Å². The summed E-state index contributed by atoms with van der Waals surface area (Å²) in [4.78, 5) is 25.3. The van der Waals surface area contributed by atoms with Crippen LogP contribution in [0.2, 0.25) is 0 Å². The van der Waals surface area contributed by atoms with E-state index in [9.17, 15) is 4.79 Å². The highest BCUT2D eigenvalue weighted by molar-refractivity contribution is 14.0. The molecule has 1 saturated heterocycles. The van der Waals surface area contributed by atoms with Gasteiger partial charge in [0, 0.05) is 46.0 Å². The Kier molecular flexibility index (Phi) is 10.6. The Balaban J connectivity index is 0.00000450. The maximum Gasteiger partial charge on any atom is 0.407 e. The number of rotatable bonds is 6. The largest absolute Gasteiger partial charge is 0.444 e. The molecule has 1 aromatic rings. The van der Waals surface area contributed by atoms with Crippen molar-refractivity contribution in [1.29, 1.82) is 0 Å². The van der Waals surface area contributed by atoms with Crippen LogP contribution in [0, 0.1) is 0 Å². The van der Waals surface area contributed by atoms with E-state index in [1.165, 1.54) is 0 Å². The molecule has 0 radical (unpaired) electrons. The number of nitrogens with one attached hydrogen (secondary N) is 2. The smallest absolute Gasteiger partial charge is 0.407 e. The summed E-state index contributed by atoms with van der Waals surface area (Å²) in [7, 11) is 1.78. The van der Waals surface area contributed by atoms with E-state index in [-0.39, 0.29) is 36.1 Å². The van der Waals surface area contributed by atoms with E-state index < -0.39 is 5.60 Å². The highest BCUT2D eigenvalue weighted by Gasteiger charge is 2.27. The molecule has 1 aromatic heterocycles. The minimum atomic E-state index is -0.491. The molecule has 8 nitrogen and oxygen atoms in total. The lowest BCUT2D eigenvalue weighted by molar-refractivity contribution is 0.0507. The van der Waals surface area contributed by atoms with Crippen LogP contribution in [-0.2, 0) is 11.3 Å². The highest BCUT2D eigenvalue weighted by Crippen LogP contribution is 2.13. The SMILES string of the molecule is CCN(CC)c1ccc(CNC(=NC)N2CCC(NC(=O)OC(C)(C)C)C2)cn1.I. The fourth-order valence-corrected chi connectivity index (χ4v) is 3.31. The average Bonchev–Trinajstić information content (AvgIpc) is 3.11. The number of carbonyl (C=O) groups is 1. The maximum absolute atomic E-state index is 12.0. The monoisotopic (exact) mass is 532 g/mol. The summed E-state index contributed by atoms with van der Waals surface area (Å²) in [5, 5.41) is 6.34. The molecule has 2 heterocycles. The second-order valence-corrected chi connectivity index (χ2v) is 8.18. The number of alkyl carbamates (subject to hydrolysis) is 1. The van der Waals surface area contributed by atoms with Gasteiger partial charge in [-0.05, 0) is 52.7 Å². The zero-order chi connectivity index (χ0) is 21.4. The van der Waals surface area contributed by atoms with Gasteiger partial charge < -0.3 is 25.2 Å². The number of hydrogen-bond donors (Lipinski definition) is 2. The summed E-state index contributed by atoms with van der Waals surface area (Å²) in [5.41, 5.74) is 0.610. The van der Waals surface area contributed by atoms with Crippen LogP contribution in [0.5, 0.6) is 0 Å². The van der Waals surface area contributed by atoms with Crippen LogP contribution in [0.4, 0.5) is 10.6 Å². The Morgan fingerprint density at radius 1 is 1.33 bits per heavy atom. The molecule has 1 aliphatic heterocycles. The van der Waals surface area contributed by atoms with Crippen molar-refractivity contribution < 1.29 is 9.53 Å². The third kappa shape index (κ3) is 8.16. The van der Waals surface area contributed by atoms with Gasteiger partial charge in [0.15, 0.2) is 5.96 Å². The van der Waals surface area contributed by atoms with Crippen molar-refractivity contribution in [3.63, 3.8) is 0 Å². The Morgan fingerprint density at radius 3 is 2.57 bits per heavy atom. The Labute approximate surface area is 197 Å². The van der Waals surface area contributed by atoms with Crippen LogP contribution >= 0.6 is 24.0 Å². The van der Waals surface area contributed by atoms with Crippen LogP contribution in [0.3, 0.4) is 0 Å². The number of halogens is 1. The summed E-state index contributed by atoms with van der Waals surface area (Å²) < 4.78 is 5.34. The van der Waals surface area contributed by atoms with Crippen LogP contribution in [0.25, 0.3) is 0 Å². The molecule has 1 amide bonds. The normalized spacial score (nSPS) is 16.7. The van der Waals surface area contributed by atoms with Crippen LogP contribution in [0.1, 0.15) is 46.6 Å².